The lowest BCUT2D eigenvalue weighted by Crippen LogP contribution is -2.49. The van der Waals surface area contributed by atoms with Crippen LogP contribution in [0.15, 0.2) is 36.7 Å². The van der Waals surface area contributed by atoms with Crippen LogP contribution < -0.4 is 10.6 Å². The van der Waals surface area contributed by atoms with E-state index in [2.05, 4.69) is 22.2 Å². The molecular weight excluding hydrogens is 300 g/mol. The molecular formula is C15H14N4O2S. The van der Waals surface area contributed by atoms with Crippen molar-refractivity contribution in [3.8, 4) is 0 Å². The van der Waals surface area contributed by atoms with Gasteiger partial charge in [0, 0.05) is 6.54 Å². The Hall–Kier alpha value is -2.41. The molecule has 0 saturated carbocycles. The smallest absolute Gasteiger partial charge is 0.282 e. The number of amides is 2. The largest absolute Gasteiger partial charge is 0.356 e. The molecule has 1 aromatic carbocycles. The summed E-state index contributed by atoms with van der Waals surface area (Å²) < 4.78 is 0.991. The van der Waals surface area contributed by atoms with E-state index < -0.39 is 5.54 Å². The van der Waals surface area contributed by atoms with Crippen molar-refractivity contribution in [1.29, 1.82) is 0 Å². The van der Waals surface area contributed by atoms with Crippen LogP contribution in [-0.4, -0.2) is 40.3 Å². The Balaban J connectivity index is 1.59. The lowest BCUT2D eigenvalue weighted by Gasteiger charge is -2.21. The normalized spacial score (nSPS) is 24.1. The topological polar surface area (TPSA) is 74.3 Å². The predicted octanol–water partition coefficient (Wildman–Crippen LogP) is 1.07. The molecule has 2 amide bonds. The number of carbonyl (C=O) groups excluding carboxylic acids is 2. The van der Waals surface area contributed by atoms with Gasteiger partial charge in [-0.05, 0) is 18.6 Å². The third-order valence-corrected chi connectivity index (χ3v) is 5.15. The first-order valence-corrected chi connectivity index (χ1v) is 7.82. The second kappa shape index (κ2) is 4.54. The Morgan fingerprint density at radius 1 is 1.41 bits per heavy atom. The van der Waals surface area contributed by atoms with Crippen molar-refractivity contribution in [2.45, 2.75) is 12.0 Å². The lowest BCUT2D eigenvalue weighted by molar-refractivity contribution is -0.123. The molecule has 0 bridgehead atoms. The maximum Gasteiger partial charge on any atom is 0.282 e. The van der Waals surface area contributed by atoms with Gasteiger partial charge < -0.3 is 15.5 Å². The summed E-state index contributed by atoms with van der Waals surface area (Å²) in [5, 5.41) is 6.22. The van der Waals surface area contributed by atoms with Crippen molar-refractivity contribution >= 4 is 33.4 Å². The molecule has 6 nitrogen and oxygen atoms in total. The predicted molar refractivity (Wildman–Crippen MR) is 83.3 cm³/mol. The number of aromatic nitrogens is 1. The molecule has 0 radical (unpaired) electrons. The van der Waals surface area contributed by atoms with Gasteiger partial charge in [-0.1, -0.05) is 18.7 Å². The maximum atomic E-state index is 12.6. The highest BCUT2D eigenvalue weighted by Gasteiger charge is 2.50. The molecule has 1 atom stereocenters. The number of carbonyl (C=O) groups is 2. The fraction of sp³-hybridized carbons (Fsp3) is 0.267. The summed E-state index contributed by atoms with van der Waals surface area (Å²) in [4.78, 5) is 30.8. The number of nitrogens with zero attached hydrogens (tertiary/aromatic N) is 2. The Kier molecular flexibility index (Phi) is 2.74. The molecule has 2 aliphatic heterocycles. The highest BCUT2D eigenvalue weighted by molar-refractivity contribution is 7.20. The molecule has 4 rings (SSSR count). The van der Waals surface area contributed by atoms with Crippen molar-refractivity contribution in [1.82, 2.24) is 20.5 Å². The minimum absolute atomic E-state index is 0.114. The first-order chi connectivity index (χ1) is 10.6. The minimum atomic E-state index is -0.733. The summed E-state index contributed by atoms with van der Waals surface area (Å²) in [6.07, 6.45) is 0.578. The van der Waals surface area contributed by atoms with Gasteiger partial charge >= 0.3 is 0 Å². The monoisotopic (exact) mass is 314 g/mol. The fourth-order valence-electron chi connectivity index (χ4n) is 3.00. The minimum Gasteiger partial charge on any atom is -0.356 e. The number of nitrogens with one attached hydrogen (secondary N) is 2. The van der Waals surface area contributed by atoms with Crippen LogP contribution in [0.3, 0.4) is 0 Å². The average Bonchev–Trinajstić information content (AvgIpc) is 3.16. The van der Waals surface area contributed by atoms with E-state index in [0.717, 1.165) is 10.2 Å². The zero-order chi connectivity index (χ0) is 15.3. The summed E-state index contributed by atoms with van der Waals surface area (Å²) >= 11 is 1.38. The highest BCUT2D eigenvalue weighted by Crippen LogP contribution is 2.29. The Labute approximate surface area is 130 Å². The van der Waals surface area contributed by atoms with Crippen LogP contribution >= 0.6 is 11.3 Å². The van der Waals surface area contributed by atoms with Crippen LogP contribution in [0.2, 0.25) is 0 Å². The summed E-state index contributed by atoms with van der Waals surface area (Å²) in [5.74, 6) is 0.265. The Bertz CT molecular complexity index is 782. The van der Waals surface area contributed by atoms with Gasteiger partial charge in [0.2, 0.25) is 0 Å². The van der Waals surface area contributed by atoms with Gasteiger partial charge in [0.15, 0.2) is 5.01 Å². The molecule has 2 aromatic rings. The molecule has 2 aliphatic rings. The molecule has 1 aromatic heterocycles. The summed E-state index contributed by atoms with van der Waals surface area (Å²) in [6, 6.07) is 7.67. The number of hydrogen-bond acceptors (Lipinski definition) is 5. The molecule has 2 N–H and O–H groups in total. The lowest BCUT2D eigenvalue weighted by atomic mass is 9.99. The highest BCUT2D eigenvalue weighted by atomic mass is 32.1. The molecule has 3 heterocycles. The second-order valence-corrected chi connectivity index (χ2v) is 6.63. The van der Waals surface area contributed by atoms with Crippen molar-refractivity contribution in [3.63, 3.8) is 0 Å². The van der Waals surface area contributed by atoms with Crippen LogP contribution in [0, 0.1) is 0 Å². The molecule has 2 saturated heterocycles. The molecule has 0 aliphatic carbocycles. The fourth-order valence-corrected chi connectivity index (χ4v) is 3.94. The number of rotatable bonds is 1. The van der Waals surface area contributed by atoms with Crippen LogP contribution in [0.5, 0.6) is 0 Å². The molecule has 2 fully saturated rings. The zero-order valence-electron chi connectivity index (χ0n) is 11.8. The van der Waals surface area contributed by atoms with Crippen molar-refractivity contribution in [2.75, 3.05) is 13.1 Å². The van der Waals surface area contributed by atoms with E-state index in [4.69, 9.17) is 0 Å². The van der Waals surface area contributed by atoms with E-state index >= 15 is 0 Å². The number of benzene rings is 1. The molecule has 112 valence electrons. The molecule has 1 unspecified atom stereocenters. The summed E-state index contributed by atoms with van der Waals surface area (Å²) in [5.41, 5.74) is 0.0959. The van der Waals surface area contributed by atoms with E-state index in [0.29, 0.717) is 30.3 Å². The van der Waals surface area contributed by atoms with Crippen molar-refractivity contribution < 1.29 is 9.59 Å². The van der Waals surface area contributed by atoms with Crippen molar-refractivity contribution in [2.24, 2.45) is 0 Å². The van der Waals surface area contributed by atoms with Gasteiger partial charge in [0.05, 0.1) is 22.6 Å². The Morgan fingerprint density at radius 3 is 2.95 bits per heavy atom. The Morgan fingerprint density at radius 2 is 2.23 bits per heavy atom. The number of hydrogen-bond donors (Lipinski definition) is 2. The maximum absolute atomic E-state index is 12.6. The second-order valence-electron chi connectivity index (χ2n) is 5.60. The quantitative estimate of drug-likeness (QED) is 0.826. The standard InChI is InChI=1S/C15H14N4O2S/c1-9-16-14(21)15(18-9)6-7-19(8-15)13(20)12-17-10-4-2-3-5-11(10)22-12/h2-5,18H,1,6-8H2,(H,16,21). The van der Waals surface area contributed by atoms with Crippen LogP contribution in [0.25, 0.3) is 10.2 Å². The van der Waals surface area contributed by atoms with E-state index in [1.54, 1.807) is 4.90 Å². The number of thiazole rings is 1. The first kappa shape index (κ1) is 13.3. The van der Waals surface area contributed by atoms with E-state index in [9.17, 15) is 9.59 Å². The molecule has 1 spiro atoms. The third-order valence-electron chi connectivity index (χ3n) is 4.12. The van der Waals surface area contributed by atoms with E-state index in [1.807, 2.05) is 24.3 Å². The van der Waals surface area contributed by atoms with E-state index in [1.165, 1.54) is 11.3 Å². The van der Waals surface area contributed by atoms with Crippen LogP contribution in [0.4, 0.5) is 0 Å². The SMILES string of the molecule is C=C1NC(=O)C2(CCN(C(=O)c3nc4ccccc4s3)C2)N1. The summed E-state index contributed by atoms with van der Waals surface area (Å²) in [7, 11) is 0. The third kappa shape index (κ3) is 1.89. The van der Waals surface area contributed by atoms with Gasteiger partial charge in [-0.25, -0.2) is 4.98 Å². The average molecular weight is 314 g/mol. The van der Waals surface area contributed by atoms with E-state index in [-0.39, 0.29) is 11.8 Å². The van der Waals surface area contributed by atoms with Gasteiger partial charge in [-0.15, -0.1) is 11.3 Å². The van der Waals surface area contributed by atoms with Crippen LogP contribution in [0.1, 0.15) is 16.2 Å². The van der Waals surface area contributed by atoms with Crippen LogP contribution in [-0.2, 0) is 4.79 Å². The van der Waals surface area contributed by atoms with Gasteiger partial charge in [-0.2, -0.15) is 0 Å². The number of fused-ring (bicyclic) bond motifs is 1. The first-order valence-electron chi connectivity index (χ1n) is 7.01. The van der Waals surface area contributed by atoms with Gasteiger partial charge in [-0.3, -0.25) is 9.59 Å². The molecule has 7 heteroatoms. The van der Waals surface area contributed by atoms with Gasteiger partial charge in [0.1, 0.15) is 5.54 Å². The summed E-state index contributed by atoms with van der Waals surface area (Å²) in [6.45, 7) is 4.59. The van der Waals surface area contributed by atoms with Gasteiger partial charge in [0.25, 0.3) is 11.8 Å². The van der Waals surface area contributed by atoms with Crippen molar-refractivity contribution in [3.05, 3.63) is 41.7 Å². The number of likely N-dealkylation sites (tertiary alicyclic amines) is 1. The zero-order valence-corrected chi connectivity index (χ0v) is 12.6. The number of para-hydroxylation sites is 1. The molecule has 22 heavy (non-hydrogen) atoms.